The molecule has 0 aliphatic heterocycles. The molecule has 0 saturated heterocycles. The first kappa shape index (κ1) is 14.5. The van der Waals surface area contributed by atoms with Crippen LogP contribution in [0.5, 0.6) is 0 Å². The lowest BCUT2D eigenvalue weighted by molar-refractivity contribution is -0.132. The Bertz CT molecular complexity index is 936. The smallest absolute Gasteiger partial charge is 0.346 e. The zero-order valence-corrected chi connectivity index (χ0v) is 12.0. The average molecular weight is 304 g/mol. The molecule has 0 spiro atoms. The molecule has 3 rings (SSSR count). The van der Waals surface area contributed by atoms with Gasteiger partial charge in [0.2, 0.25) is 0 Å². The summed E-state index contributed by atoms with van der Waals surface area (Å²) in [6, 6.07) is 9.14. The molecule has 0 bridgehead atoms. The van der Waals surface area contributed by atoms with Crippen LogP contribution in [0.4, 0.5) is 0 Å². The fourth-order valence-electron chi connectivity index (χ4n) is 2.37. The van der Waals surface area contributed by atoms with E-state index in [9.17, 15) is 4.79 Å². The summed E-state index contributed by atoms with van der Waals surface area (Å²) >= 11 is 0. The Labute approximate surface area is 132 Å². The van der Waals surface area contributed by atoms with Crippen molar-refractivity contribution >= 4 is 23.1 Å². The van der Waals surface area contributed by atoms with Crippen molar-refractivity contribution in [1.29, 1.82) is 5.26 Å². The Morgan fingerprint density at radius 3 is 2.78 bits per heavy atom. The second-order valence-electron chi connectivity index (χ2n) is 4.92. The van der Waals surface area contributed by atoms with Crippen molar-refractivity contribution in [2.45, 2.75) is 6.54 Å². The number of hydrogen-bond acceptors (Lipinski definition) is 4. The van der Waals surface area contributed by atoms with Gasteiger partial charge in [-0.25, -0.2) is 9.78 Å². The normalized spacial score (nSPS) is 11.3. The molecule has 6 heteroatoms. The molecule has 23 heavy (non-hydrogen) atoms. The standard InChI is InChI=1S/C17H12N4O2/c18-9-13(17(22)23)8-14-11-21(10-12-3-6-19-7-4-12)16-15(14)2-1-5-20-16/h1-8,11H,10H2,(H,22,23)/b13-8+. The molecule has 6 nitrogen and oxygen atoms in total. The fourth-order valence-corrected chi connectivity index (χ4v) is 2.37. The maximum absolute atomic E-state index is 11.0. The summed E-state index contributed by atoms with van der Waals surface area (Å²) in [5.74, 6) is -1.24. The van der Waals surface area contributed by atoms with Crippen LogP contribution in [0.2, 0.25) is 0 Å². The van der Waals surface area contributed by atoms with E-state index in [4.69, 9.17) is 10.4 Å². The van der Waals surface area contributed by atoms with Crippen molar-refractivity contribution in [2.75, 3.05) is 0 Å². The highest BCUT2D eigenvalue weighted by Gasteiger charge is 2.12. The second kappa shape index (κ2) is 6.12. The van der Waals surface area contributed by atoms with Gasteiger partial charge in [-0.15, -0.1) is 0 Å². The van der Waals surface area contributed by atoms with Gasteiger partial charge < -0.3 is 9.67 Å². The van der Waals surface area contributed by atoms with Gasteiger partial charge in [0.15, 0.2) is 0 Å². The molecule has 0 aromatic carbocycles. The van der Waals surface area contributed by atoms with E-state index in [0.717, 1.165) is 16.6 Å². The topological polar surface area (TPSA) is 91.8 Å². The molecule has 0 unspecified atom stereocenters. The number of carboxylic acid groups (broad SMARTS) is 1. The zero-order chi connectivity index (χ0) is 16.2. The summed E-state index contributed by atoms with van der Waals surface area (Å²) in [5, 5.41) is 18.8. The third-order valence-corrected chi connectivity index (χ3v) is 3.42. The van der Waals surface area contributed by atoms with Crippen molar-refractivity contribution in [1.82, 2.24) is 14.5 Å². The molecule has 0 amide bonds. The predicted molar refractivity (Wildman–Crippen MR) is 84.3 cm³/mol. The Morgan fingerprint density at radius 1 is 1.30 bits per heavy atom. The molecule has 0 aliphatic carbocycles. The summed E-state index contributed by atoms with van der Waals surface area (Å²) in [4.78, 5) is 19.4. The molecular weight excluding hydrogens is 292 g/mol. The third-order valence-electron chi connectivity index (χ3n) is 3.42. The number of nitrogens with zero attached hydrogens (tertiary/aromatic N) is 4. The van der Waals surface area contributed by atoms with E-state index in [1.165, 1.54) is 6.08 Å². The van der Waals surface area contributed by atoms with Crippen LogP contribution in [0.1, 0.15) is 11.1 Å². The van der Waals surface area contributed by atoms with Crippen LogP contribution >= 0.6 is 0 Å². The minimum Gasteiger partial charge on any atom is -0.477 e. The summed E-state index contributed by atoms with van der Waals surface area (Å²) in [6.07, 6.45) is 8.29. The van der Waals surface area contributed by atoms with Crippen LogP contribution in [0, 0.1) is 11.3 Å². The molecule has 0 fully saturated rings. The first-order valence-electron chi connectivity index (χ1n) is 6.87. The molecule has 0 aliphatic rings. The van der Waals surface area contributed by atoms with Crippen LogP contribution in [0.15, 0.2) is 54.6 Å². The zero-order valence-electron chi connectivity index (χ0n) is 12.0. The van der Waals surface area contributed by atoms with Gasteiger partial charge >= 0.3 is 5.97 Å². The average Bonchev–Trinajstić information content (AvgIpc) is 2.91. The number of fused-ring (bicyclic) bond motifs is 1. The van der Waals surface area contributed by atoms with Gasteiger partial charge in [0.1, 0.15) is 17.3 Å². The lowest BCUT2D eigenvalue weighted by Crippen LogP contribution is -1.99. The predicted octanol–water partition coefficient (Wildman–Crippen LogP) is 2.47. The Kier molecular flexibility index (Phi) is 3.85. The third kappa shape index (κ3) is 2.94. The number of pyridine rings is 2. The van der Waals surface area contributed by atoms with Crippen molar-refractivity contribution in [3.63, 3.8) is 0 Å². The molecule has 3 aromatic rings. The van der Waals surface area contributed by atoms with Crippen molar-refractivity contribution in [2.24, 2.45) is 0 Å². The summed E-state index contributed by atoms with van der Waals surface area (Å²) < 4.78 is 1.92. The van der Waals surface area contributed by atoms with Gasteiger partial charge in [0.25, 0.3) is 0 Å². The van der Waals surface area contributed by atoms with Gasteiger partial charge in [0, 0.05) is 42.3 Å². The SMILES string of the molecule is N#C/C(=C\c1cn(Cc2ccncc2)c2ncccc12)C(=O)O. The van der Waals surface area contributed by atoms with Crippen LogP contribution in [-0.2, 0) is 11.3 Å². The van der Waals surface area contributed by atoms with E-state index in [2.05, 4.69) is 9.97 Å². The van der Waals surface area contributed by atoms with Gasteiger partial charge in [-0.05, 0) is 35.9 Å². The van der Waals surface area contributed by atoms with Gasteiger partial charge in [-0.1, -0.05) is 0 Å². The van der Waals surface area contributed by atoms with Crippen molar-refractivity contribution < 1.29 is 9.90 Å². The van der Waals surface area contributed by atoms with Crippen molar-refractivity contribution in [3.05, 3.63) is 65.8 Å². The van der Waals surface area contributed by atoms with Crippen LogP contribution in [0.3, 0.4) is 0 Å². The van der Waals surface area contributed by atoms with E-state index in [1.54, 1.807) is 36.9 Å². The van der Waals surface area contributed by atoms with E-state index in [1.807, 2.05) is 22.8 Å². The molecule has 112 valence electrons. The molecule has 1 N–H and O–H groups in total. The number of aliphatic carboxylic acids is 1. The minimum absolute atomic E-state index is 0.309. The lowest BCUT2D eigenvalue weighted by Gasteiger charge is -2.03. The molecule has 0 atom stereocenters. The van der Waals surface area contributed by atoms with E-state index in [-0.39, 0.29) is 5.57 Å². The van der Waals surface area contributed by atoms with E-state index < -0.39 is 5.97 Å². The number of carboxylic acids is 1. The molecule has 3 aromatic heterocycles. The van der Waals surface area contributed by atoms with Crippen LogP contribution in [-0.4, -0.2) is 25.6 Å². The number of hydrogen-bond donors (Lipinski definition) is 1. The summed E-state index contributed by atoms with van der Waals surface area (Å²) in [6.45, 7) is 0.582. The van der Waals surface area contributed by atoms with E-state index in [0.29, 0.717) is 12.1 Å². The first-order chi connectivity index (χ1) is 11.2. The van der Waals surface area contributed by atoms with Gasteiger partial charge in [0.05, 0.1) is 0 Å². The van der Waals surface area contributed by atoms with Gasteiger partial charge in [-0.2, -0.15) is 5.26 Å². The highest BCUT2D eigenvalue weighted by atomic mass is 16.4. The molecular formula is C17H12N4O2. The second-order valence-corrected chi connectivity index (χ2v) is 4.92. The minimum atomic E-state index is -1.24. The van der Waals surface area contributed by atoms with Crippen LogP contribution in [0.25, 0.3) is 17.1 Å². The largest absolute Gasteiger partial charge is 0.477 e. The number of nitriles is 1. The summed E-state index contributed by atoms with van der Waals surface area (Å²) in [5.41, 5.74) is 2.13. The monoisotopic (exact) mass is 304 g/mol. The first-order valence-corrected chi connectivity index (χ1v) is 6.87. The fraction of sp³-hybridized carbons (Fsp3) is 0.0588. The number of carbonyl (C=O) groups is 1. The molecule has 0 radical (unpaired) electrons. The lowest BCUT2D eigenvalue weighted by atomic mass is 10.1. The number of aromatic nitrogens is 3. The van der Waals surface area contributed by atoms with Crippen molar-refractivity contribution in [3.8, 4) is 6.07 Å². The molecule has 3 heterocycles. The maximum Gasteiger partial charge on any atom is 0.346 e. The van der Waals surface area contributed by atoms with Gasteiger partial charge in [-0.3, -0.25) is 4.98 Å². The Morgan fingerprint density at radius 2 is 2.09 bits per heavy atom. The Hall–Kier alpha value is -3.46. The van der Waals surface area contributed by atoms with Crippen LogP contribution < -0.4 is 0 Å². The Balaban J connectivity index is 2.11. The molecule has 0 saturated carbocycles. The highest BCUT2D eigenvalue weighted by molar-refractivity contribution is 5.99. The maximum atomic E-state index is 11.0. The quantitative estimate of drug-likeness (QED) is 0.590. The van der Waals surface area contributed by atoms with E-state index >= 15 is 0 Å². The highest BCUT2D eigenvalue weighted by Crippen LogP contribution is 2.22. The summed E-state index contributed by atoms with van der Waals surface area (Å²) in [7, 11) is 0. The number of rotatable bonds is 4.